The Kier molecular flexibility index (Phi) is 4.55. The number of hydrogen-bond acceptors (Lipinski definition) is 5. The Morgan fingerprint density at radius 1 is 1.19 bits per heavy atom. The molecule has 0 aliphatic heterocycles. The summed E-state index contributed by atoms with van der Waals surface area (Å²) in [5.74, 6) is 6.64. The van der Waals surface area contributed by atoms with Crippen molar-refractivity contribution < 1.29 is 4.74 Å². The molecule has 2 heterocycles. The molecule has 3 rings (SSSR count). The highest BCUT2D eigenvalue weighted by atomic mass is 32.1. The van der Waals surface area contributed by atoms with Gasteiger partial charge in [0.2, 0.25) is 0 Å². The summed E-state index contributed by atoms with van der Waals surface area (Å²) in [6.45, 7) is 0. The number of nitrogens with one attached hydrogen (secondary N) is 1. The Morgan fingerprint density at radius 3 is 2.67 bits per heavy atom. The SMILES string of the molecule is COc1ccc(CCC(NN)c2cc3sccc3s2)cc1. The molecule has 0 amide bonds. The number of aryl methyl sites for hydroxylation is 1. The zero-order valence-electron chi connectivity index (χ0n) is 11.8. The smallest absolute Gasteiger partial charge is 0.118 e. The van der Waals surface area contributed by atoms with Crippen LogP contribution in [0.5, 0.6) is 5.75 Å². The number of ether oxygens (including phenoxy) is 1. The Labute approximate surface area is 132 Å². The molecule has 110 valence electrons. The molecule has 0 bridgehead atoms. The molecule has 3 N–H and O–H groups in total. The van der Waals surface area contributed by atoms with E-state index in [1.807, 2.05) is 23.5 Å². The van der Waals surface area contributed by atoms with E-state index < -0.39 is 0 Å². The molecule has 1 unspecified atom stereocenters. The Balaban J connectivity index is 1.67. The fraction of sp³-hybridized carbons (Fsp3) is 0.250. The molecular formula is C16H18N2OS2. The van der Waals surface area contributed by atoms with Crippen LogP contribution in [0.3, 0.4) is 0 Å². The molecule has 5 heteroatoms. The second-order valence-electron chi connectivity index (χ2n) is 4.90. The lowest BCUT2D eigenvalue weighted by molar-refractivity contribution is 0.414. The zero-order chi connectivity index (χ0) is 14.7. The highest BCUT2D eigenvalue weighted by Crippen LogP contribution is 2.34. The molecule has 0 saturated heterocycles. The van der Waals surface area contributed by atoms with Gasteiger partial charge in [-0.25, -0.2) is 0 Å². The number of rotatable bonds is 6. The minimum Gasteiger partial charge on any atom is -0.497 e. The van der Waals surface area contributed by atoms with Gasteiger partial charge in [0.25, 0.3) is 0 Å². The van der Waals surface area contributed by atoms with Crippen LogP contribution in [0.4, 0.5) is 0 Å². The molecule has 0 aliphatic carbocycles. The lowest BCUT2D eigenvalue weighted by Gasteiger charge is -2.14. The standard InChI is InChI=1S/C16H18N2OS2/c1-19-12-5-2-11(3-6-12)4-7-13(18-17)15-10-16-14(21-15)8-9-20-16/h2-3,5-6,8-10,13,18H,4,7,17H2,1H3. The van der Waals surface area contributed by atoms with Crippen molar-refractivity contribution in [1.29, 1.82) is 0 Å². The first-order valence-corrected chi connectivity index (χ1v) is 8.56. The predicted molar refractivity (Wildman–Crippen MR) is 91.1 cm³/mol. The van der Waals surface area contributed by atoms with E-state index in [0.29, 0.717) is 0 Å². The molecule has 1 aromatic carbocycles. The third-order valence-electron chi connectivity index (χ3n) is 3.58. The van der Waals surface area contributed by atoms with Gasteiger partial charge in [-0.1, -0.05) is 12.1 Å². The number of benzene rings is 1. The van der Waals surface area contributed by atoms with Gasteiger partial charge in [0.1, 0.15) is 5.75 Å². The van der Waals surface area contributed by atoms with E-state index in [-0.39, 0.29) is 6.04 Å². The zero-order valence-corrected chi connectivity index (χ0v) is 13.5. The summed E-state index contributed by atoms with van der Waals surface area (Å²) >= 11 is 3.61. The fourth-order valence-electron chi connectivity index (χ4n) is 2.37. The van der Waals surface area contributed by atoms with Crippen molar-refractivity contribution in [2.24, 2.45) is 5.84 Å². The van der Waals surface area contributed by atoms with E-state index in [0.717, 1.165) is 18.6 Å². The molecule has 2 aromatic heterocycles. The molecule has 21 heavy (non-hydrogen) atoms. The van der Waals surface area contributed by atoms with Crippen LogP contribution in [-0.2, 0) is 6.42 Å². The fourth-order valence-corrected chi connectivity index (χ4v) is 4.58. The van der Waals surface area contributed by atoms with E-state index >= 15 is 0 Å². The monoisotopic (exact) mass is 318 g/mol. The van der Waals surface area contributed by atoms with Crippen LogP contribution in [0.2, 0.25) is 0 Å². The van der Waals surface area contributed by atoms with Crippen LogP contribution < -0.4 is 16.0 Å². The van der Waals surface area contributed by atoms with E-state index in [1.54, 1.807) is 18.4 Å². The first kappa shape index (κ1) is 14.5. The van der Waals surface area contributed by atoms with Gasteiger partial charge in [-0.2, -0.15) is 0 Å². The largest absolute Gasteiger partial charge is 0.497 e. The van der Waals surface area contributed by atoms with Gasteiger partial charge in [0.05, 0.1) is 13.2 Å². The van der Waals surface area contributed by atoms with Crippen molar-refractivity contribution in [2.45, 2.75) is 18.9 Å². The van der Waals surface area contributed by atoms with Crippen LogP contribution in [0, 0.1) is 0 Å². The number of hydrazine groups is 1. The lowest BCUT2D eigenvalue weighted by atomic mass is 10.0. The topological polar surface area (TPSA) is 47.3 Å². The first-order chi connectivity index (χ1) is 10.3. The molecule has 0 radical (unpaired) electrons. The second-order valence-corrected chi connectivity index (χ2v) is 6.97. The van der Waals surface area contributed by atoms with E-state index in [9.17, 15) is 0 Å². The highest BCUT2D eigenvalue weighted by molar-refractivity contribution is 7.26. The van der Waals surface area contributed by atoms with Gasteiger partial charge in [0.15, 0.2) is 0 Å². The Hall–Kier alpha value is -1.40. The minimum absolute atomic E-state index is 0.205. The van der Waals surface area contributed by atoms with Crippen molar-refractivity contribution in [1.82, 2.24) is 5.43 Å². The Morgan fingerprint density at radius 2 is 2.00 bits per heavy atom. The van der Waals surface area contributed by atoms with E-state index in [2.05, 4.69) is 35.1 Å². The predicted octanol–water partition coefficient (Wildman–Crippen LogP) is 4.11. The van der Waals surface area contributed by atoms with Crippen molar-refractivity contribution in [2.75, 3.05) is 7.11 Å². The number of hydrogen-bond donors (Lipinski definition) is 2. The summed E-state index contributed by atoms with van der Waals surface area (Å²) < 4.78 is 7.87. The van der Waals surface area contributed by atoms with Gasteiger partial charge >= 0.3 is 0 Å². The molecule has 0 aliphatic rings. The number of methoxy groups -OCH3 is 1. The van der Waals surface area contributed by atoms with Crippen LogP contribution in [0.15, 0.2) is 41.8 Å². The third-order valence-corrected chi connectivity index (χ3v) is 5.79. The van der Waals surface area contributed by atoms with Gasteiger partial charge in [-0.15, -0.1) is 22.7 Å². The minimum atomic E-state index is 0.205. The van der Waals surface area contributed by atoms with Crippen LogP contribution in [0.1, 0.15) is 22.9 Å². The van der Waals surface area contributed by atoms with Crippen LogP contribution in [-0.4, -0.2) is 7.11 Å². The van der Waals surface area contributed by atoms with Gasteiger partial charge in [-0.3, -0.25) is 11.3 Å². The summed E-state index contributed by atoms with van der Waals surface area (Å²) in [7, 11) is 1.69. The third kappa shape index (κ3) is 3.27. The molecule has 0 saturated carbocycles. The van der Waals surface area contributed by atoms with Crippen molar-refractivity contribution >= 4 is 32.1 Å². The molecular weight excluding hydrogens is 300 g/mol. The maximum Gasteiger partial charge on any atom is 0.118 e. The van der Waals surface area contributed by atoms with Crippen LogP contribution in [0.25, 0.3) is 9.40 Å². The quantitative estimate of drug-likeness (QED) is 0.531. The van der Waals surface area contributed by atoms with Gasteiger partial charge in [0, 0.05) is 14.3 Å². The average Bonchev–Trinajstić information content (AvgIpc) is 3.10. The van der Waals surface area contributed by atoms with E-state index in [1.165, 1.54) is 19.8 Å². The summed E-state index contributed by atoms with van der Waals surface area (Å²) in [5, 5.41) is 2.13. The maximum atomic E-state index is 5.75. The summed E-state index contributed by atoms with van der Waals surface area (Å²) in [6, 6.07) is 12.9. The second kappa shape index (κ2) is 6.58. The number of nitrogens with two attached hydrogens (primary N) is 1. The highest BCUT2D eigenvalue weighted by Gasteiger charge is 2.13. The van der Waals surface area contributed by atoms with Crippen molar-refractivity contribution in [3.63, 3.8) is 0 Å². The van der Waals surface area contributed by atoms with E-state index in [4.69, 9.17) is 10.6 Å². The molecule has 3 aromatic rings. The average molecular weight is 318 g/mol. The number of thiophene rings is 2. The normalized spacial score (nSPS) is 12.7. The summed E-state index contributed by atoms with van der Waals surface area (Å²) in [6.07, 6.45) is 1.97. The van der Waals surface area contributed by atoms with Crippen molar-refractivity contribution in [3.8, 4) is 5.75 Å². The molecule has 0 fully saturated rings. The van der Waals surface area contributed by atoms with Gasteiger partial charge < -0.3 is 4.74 Å². The molecule has 0 spiro atoms. The van der Waals surface area contributed by atoms with Crippen LogP contribution >= 0.6 is 22.7 Å². The summed E-state index contributed by atoms with van der Waals surface area (Å²) in [4.78, 5) is 1.31. The Bertz CT molecular complexity index is 674. The summed E-state index contributed by atoms with van der Waals surface area (Å²) in [5.41, 5.74) is 4.25. The van der Waals surface area contributed by atoms with Gasteiger partial charge in [-0.05, 0) is 48.1 Å². The van der Waals surface area contributed by atoms with Crippen molar-refractivity contribution in [3.05, 3.63) is 52.2 Å². The number of fused-ring (bicyclic) bond motifs is 1. The molecule has 3 nitrogen and oxygen atoms in total. The molecule has 1 atom stereocenters. The first-order valence-electron chi connectivity index (χ1n) is 6.86. The lowest BCUT2D eigenvalue weighted by Crippen LogP contribution is -2.27. The maximum absolute atomic E-state index is 5.75.